The van der Waals surface area contributed by atoms with Gasteiger partial charge in [0.05, 0.1) is 11.1 Å². The van der Waals surface area contributed by atoms with Gasteiger partial charge in [-0.2, -0.15) is 0 Å². The number of nitrogens with zero attached hydrogens (tertiary/aromatic N) is 1. The van der Waals surface area contributed by atoms with Crippen molar-refractivity contribution in [1.82, 2.24) is 0 Å². The van der Waals surface area contributed by atoms with Crippen LogP contribution in [-0.2, 0) is 36.5 Å². The van der Waals surface area contributed by atoms with E-state index in [-0.39, 0.29) is 5.41 Å². The Morgan fingerprint density at radius 2 is 0.919 bits per heavy atom. The molecule has 0 bridgehead atoms. The van der Waals surface area contributed by atoms with E-state index in [1.165, 1.54) is 155 Å². The number of benzene rings is 8. The van der Waals surface area contributed by atoms with Crippen LogP contribution in [0.15, 0.2) is 158 Å². The van der Waals surface area contributed by atoms with Crippen LogP contribution < -0.4 is 4.90 Å². The average Bonchev–Trinajstić information content (AvgIpc) is 3.87. The van der Waals surface area contributed by atoms with Gasteiger partial charge in [-0.25, -0.2) is 0 Å². The Kier molecular flexibility index (Phi) is 7.76. The number of hydrogen-bond acceptors (Lipinski definition) is 1. The molecule has 0 amide bonds. The Morgan fingerprint density at radius 1 is 0.371 bits per heavy atom. The van der Waals surface area contributed by atoms with Gasteiger partial charge >= 0.3 is 0 Å². The molecule has 8 aromatic carbocycles. The van der Waals surface area contributed by atoms with Gasteiger partial charge in [-0.1, -0.05) is 141 Å². The Morgan fingerprint density at radius 3 is 1.60 bits per heavy atom. The van der Waals surface area contributed by atoms with Crippen LogP contribution in [0, 0.1) is 6.92 Å². The maximum atomic E-state index is 2.71. The maximum Gasteiger partial charge on any atom is 0.0726 e. The minimum atomic E-state index is -0.444. The number of fused-ring (bicyclic) bond motifs is 15. The zero-order valence-electron chi connectivity index (χ0n) is 36.1. The highest BCUT2D eigenvalue weighted by molar-refractivity contribution is 6.01. The van der Waals surface area contributed by atoms with Crippen LogP contribution in [0.2, 0.25) is 0 Å². The summed E-state index contributed by atoms with van der Waals surface area (Å²) in [4.78, 5) is 2.71. The van der Waals surface area contributed by atoms with Crippen molar-refractivity contribution >= 4 is 17.1 Å². The van der Waals surface area contributed by atoms with Gasteiger partial charge in [-0.05, 0) is 189 Å². The van der Waals surface area contributed by atoms with E-state index in [4.69, 9.17) is 0 Å². The van der Waals surface area contributed by atoms with Gasteiger partial charge in [-0.15, -0.1) is 0 Å². The Labute approximate surface area is 366 Å². The van der Waals surface area contributed by atoms with E-state index in [1.807, 2.05) is 0 Å². The molecule has 13 rings (SSSR count). The molecule has 300 valence electrons. The molecule has 0 aromatic heterocycles. The molecule has 0 aliphatic heterocycles. The van der Waals surface area contributed by atoms with Crippen LogP contribution in [0.4, 0.5) is 17.1 Å². The van der Waals surface area contributed by atoms with Crippen LogP contribution in [0.25, 0.3) is 44.5 Å². The second kappa shape index (κ2) is 13.3. The third-order valence-corrected chi connectivity index (χ3v) is 15.8. The van der Waals surface area contributed by atoms with Crippen molar-refractivity contribution in [2.45, 2.75) is 83.0 Å². The summed E-state index contributed by atoms with van der Waals surface area (Å²) in [6, 6.07) is 61.8. The lowest BCUT2D eigenvalue weighted by atomic mass is 9.70. The Hall–Kier alpha value is -6.44. The van der Waals surface area contributed by atoms with Crippen molar-refractivity contribution in [1.29, 1.82) is 0 Å². The minimum Gasteiger partial charge on any atom is -0.310 e. The molecule has 1 spiro atoms. The molecule has 0 atom stereocenters. The second-order valence-electron chi connectivity index (χ2n) is 19.3. The van der Waals surface area contributed by atoms with Crippen molar-refractivity contribution in [3.05, 3.63) is 219 Å². The van der Waals surface area contributed by atoms with Gasteiger partial charge in [-0.3, -0.25) is 0 Å². The summed E-state index contributed by atoms with van der Waals surface area (Å²) in [7, 11) is 0. The standard InChI is InChI=1S/C61H51N/c1-38-33-40-18-4-5-19-41(40)34-49(38)51-36-50-47-25-11-15-29-55(47)61(53-27-13-9-23-45(53)46-24-10-14-28-54(46)61)57(50)37-59(51)62(58-30-16-20-39-17-6-7-21-43(39)58)42-31-32-48-44-22-8-12-26-52(44)60(2,3)56(48)35-42/h8-16,20,22-37H,4-7,17-19,21H2,1-3H3. The number of rotatable bonds is 4. The topological polar surface area (TPSA) is 3.24 Å². The van der Waals surface area contributed by atoms with Gasteiger partial charge < -0.3 is 4.90 Å². The van der Waals surface area contributed by atoms with Crippen molar-refractivity contribution in [2.24, 2.45) is 0 Å². The average molecular weight is 798 g/mol. The molecule has 0 N–H and O–H groups in total. The second-order valence-corrected chi connectivity index (χ2v) is 19.3. The van der Waals surface area contributed by atoms with Crippen LogP contribution in [0.5, 0.6) is 0 Å². The van der Waals surface area contributed by atoms with Crippen LogP contribution in [-0.4, -0.2) is 0 Å². The van der Waals surface area contributed by atoms with Crippen molar-refractivity contribution < 1.29 is 0 Å². The molecule has 62 heavy (non-hydrogen) atoms. The molecule has 0 saturated carbocycles. The molecule has 5 aliphatic rings. The summed E-state index contributed by atoms with van der Waals surface area (Å²) in [5, 5.41) is 0. The fourth-order valence-electron chi connectivity index (χ4n) is 12.9. The first-order valence-corrected chi connectivity index (χ1v) is 23.2. The minimum absolute atomic E-state index is 0.122. The summed E-state index contributed by atoms with van der Waals surface area (Å²) < 4.78 is 0. The molecule has 5 aliphatic carbocycles. The highest BCUT2D eigenvalue weighted by Crippen LogP contribution is 2.64. The van der Waals surface area contributed by atoms with Gasteiger partial charge in [0, 0.05) is 22.4 Å². The first-order valence-electron chi connectivity index (χ1n) is 23.2. The maximum absolute atomic E-state index is 2.71. The molecular weight excluding hydrogens is 747 g/mol. The molecule has 0 heterocycles. The lowest BCUT2D eigenvalue weighted by Gasteiger charge is -2.35. The molecule has 1 heteroatoms. The quantitative estimate of drug-likeness (QED) is 0.171. The lowest BCUT2D eigenvalue weighted by Crippen LogP contribution is -2.26. The summed E-state index contributed by atoms with van der Waals surface area (Å²) in [5.41, 5.74) is 29.8. The van der Waals surface area contributed by atoms with Crippen molar-refractivity contribution in [3.63, 3.8) is 0 Å². The van der Waals surface area contributed by atoms with Crippen LogP contribution >= 0.6 is 0 Å². The Balaban J connectivity index is 1.16. The third kappa shape index (κ3) is 4.86. The van der Waals surface area contributed by atoms with E-state index < -0.39 is 5.41 Å². The van der Waals surface area contributed by atoms with Crippen LogP contribution in [0.1, 0.15) is 101 Å². The largest absolute Gasteiger partial charge is 0.310 e. The predicted molar refractivity (Wildman–Crippen MR) is 258 cm³/mol. The third-order valence-electron chi connectivity index (χ3n) is 15.8. The smallest absolute Gasteiger partial charge is 0.0726 e. The van der Waals surface area contributed by atoms with E-state index in [0.717, 1.165) is 19.3 Å². The zero-order chi connectivity index (χ0) is 41.3. The lowest BCUT2D eigenvalue weighted by molar-refractivity contribution is 0.660. The van der Waals surface area contributed by atoms with E-state index >= 15 is 0 Å². The fourth-order valence-corrected chi connectivity index (χ4v) is 12.9. The SMILES string of the molecule is Cc1cc2c(cc1-c1cc3c(cc1N(c1ccc4c(c1)C(C)(C)c1ccccc1-4)c1cccc4c1CCCC4)C1(c4ccccc4-c4ccccc41)c1ccccc1-3)CCCC2. The molecule has 1 nitrogen and oxygen atoms in total. The molecular formula is C61H51N. The van der Waals surface area contributed by atoms with Gasteiger partial charge in [0.25, 0.3) is 0 Å². The number of anilines is 3. The molecule has 8 aromatic rings. The molecule has 0 radical (unpaired) electrons. The van der Waals surface area contributed by atoms with Crippen molar-refractivity contribution in [2.75, 3.05) is 4.90 Å². The van der Waals surface area contributed by atoms with E-state index in [2.05, 4.69) is 183 Å². The molecule has 0 unspecified atom stereocenters. The van der Waals surface area contributed by atoms with E-state index in [1.54, 1.807) is 0 Å². The fraction of sp³-hybridized carbons (Fsp3) is 0.213. The highest BCUT2D eigenvalue weighted by Gasteiger charge is 2.52. The first-order chi connectivity index (χ1) is 30.4. The normalized spacial score (nSPS) is 16.4. The highest BCUT2D eigenvalue weighted by atomic mass is 15.1. The molecule has 0 saturated heterocycles. The summed E-state index contributed by atoms with van der Waals surface area (Å²) in [5.74, 6) is 0. The first kappa shape index (κ1) is 36.2. The monoisotopic (exact) mass is 797 g/mol. The number of hydrogen-bond donors (Lipinski definition) is 0. The summed E-state index contributed by atoms with van der Waals surface area (Å²) in [6.45, 7) is 7.21. The summed E-state index contributed by atoms with van der Waals surface area (Å²) >= 11 is 0. The van der Waals surface area contributed by atoms with Crippen molar-refractivity contribution in [3.8, 4) is 44.5 Å². The number of aryl methyl sites for hydroxylation is 4. The Bertz CT molecular complexity index is 3150. The predicted octanol–water partition coefficient (Wildman–Crippen LogP) is 15.5. The van der Waals surface area contributed by atoms with Gasteiger partial charge in [0.1, 0.15) is 0 Å². The van der Waals surface area contributed by atoms with E-state index in [9.17, 15) is 0 Å². The van der Waals surface area contributed by atoms with Gasteiger partial charge in [0.15, 0.2) is 0 Å². The zero-order valence-corrected chi connectivity index (χ0v) is 36.1. The van der Waals surface area contributed by atoms with Crippen LogP contribution in [0.3, 0.4) is 0 Å². The molecule has 0 fully saturated rings. The summed E-state index contributed by atoms with van der Waals surface area (Å²) in [6.07, 6.45) is 9.57. The van der Waals surface area contributed by atoms with Gasteiger partial charge in [0.2, 0.25) is 0 Å². The van der Waals surface area contributed by atoms with E-state index in [0.29, 0.717) is 0 Å².